The van der Waals surface area contributed by atoms with Crippen molar-refractivity contribution >= 4 is 17.0 Å². The van der Waals surface area contributed by atoms with Gasteiger partial charge in [-0.2, -0.15) is 0 Å². The third kappa shape index (κ3) is 7.52. The van der Waals surface area contributed by atoms with Crippen LogP contribution in [0.2, 0.25) is 0 Å². The van der Waals surface area contributed by atoms with Crippen LogP contribution in [-0.2, 0) is 0 Å². The van der Waals surface area contributed by atoms with Crippen molar-refractivity contribution in [2.75, 3.05) is 18.4 Å². The standard InChI is InChI=1S/C33H45N3/c1-11-28(20-24(7)25(8)33(22(4)5)35-13-3)31-21-30(18-19-32(31)34-12-2)27(10)36-26(9)29-16-14-23(6)15-17-29/h11,14-21,26,34-36H,1,10,12-13H2,2-9H3/b25-24+,28-20+. The monoisotopic (exact) mass is 483 g/mol. The fraction of sp³-hybridized carbons (Fsp3) is 0.333. The van der Waals surface area contributed by atoms with Gasteiger partial charge in [0.15, 0.2) is 0 Å². The molecule has 0 spiro atoms. The Morgan fingerprint density at radius 1 is 0.972 bits per heavy atom. The van der Waals surface area contributed by atoms with E-state index >= 15 is 0 Å². The highest BCUT2D eigenvalue weighted by Gasteiger charge is 2.12. The van der Waals surface area contributed by atoms with Crippen molar-refractivity contribution in [2.24, 2.45) is 0 Å². The predicted octanol–water partition coefficient (Wildman–Crippen LogP) is 8.56. The summed E-state index contributed by atoms with van der Waals surface area (Å²) in [5.41, 5.74) is 12.7. The fourth-order valence-electron chi connectivity index (χ4n) is 4.24. The molecule has 0 bridgehead atoms. The first kappa shape index (κ1) is 28.8. The smallest absolute Gasteiger partial charge is 0.0485 e. The third-order valence-corrected chi connectivity index (χ3v) is 6.43. The minimum absolute atomic E-state index is 0.158. The lowest BCUT2D eigenvalue weighted by atomic mass is 9.95. The molecule has 0 saturated carbocycles. The average molecular weight is 484 g/mol. The average Bonchev–Trinajstić information content (AvgIpc) is 2.85. The Hall–Kier alpha value is -3.46. The van der Waals surface area contributed by atoms with E-state index in [4.69, 9.17) is 0 Å². The maximum Gasteiger partial charge on any atom is 0.0485 e. The Balaban J connectivity index is 2.47. The van der Waals surface area contributed by atoms with Crippen LogP contribution in [0.4, 0.5) is 5.69 Å². The molecule has 0 heterocycles. The molecule has 192 valence electrons. The summed E-state index contributed by atoms with van der Waals surface area (Å²) in [7, 11) is 0. The summed E-state index contributed by atoms with van der Waals surface area (Å²) in [6.45, 7) is 27.4. The molecule has 0 aliphatic carbocycles. The first-order chi connectivity index (χ1) is 17.1. The number of nitrogens with one attached hydrogen (secondary N) is 3. The number of benzene rings is 2. The largest absolute Gasteiger partial charge is 0.385 e. The number of hydrogen-bond donors (Lipinski definition) is 3. The molecule has 2 rings (SSSR count). The molecular formula is C33H45N3. The summed E-state index contributed by atoms with van der Waals surface area (Å²) >= 11 is 0. The van der Waals surface area contributed by atoms with E-state index in [2.05, 4.69) is 133 Å². The summed E-state index contributed by atoms with van der Waals surface area (Å²) in [5.74, 6) is 0. The van der Waals surface area contributed by atoms with Crippen molar-refractivity contribution < 1.29 is 0 Å². The van der Waals surface area contributed by atoms with Crippen LogP contribution in [0.25, 0.3) is 11.3 Å². The van der Waals surface area contributed by atoms with Gasteiger partial charge in [-0.15, -0.1) is 0 Å². The Labute approximate surface area is 219 Å². The zero-order valence-corrected chi connectivity index (χ0v) is 23.6. The van der Waals surface area contributed by atoms with Crippen LogP contribution in [0.5, 0.6) is 0 Å². The molecule has 3 N–H and O–H groups in total. The fourth-order valence-corrected chi connectivity index (χ4v) is 4.24. The lowest BCUT2D eigenvalue weighted by Gasteiger charge is -2.20. The molecule has 0 saturated heterocycles. The zero-order valence-electron chi connectivity index (χ0n) is 23.6. The van der Waals surface area contributed by atoms with E-state index in [1.165, 1.54) is 33.5 Å². The van der Waals surface area contributed by atoms with E-state index in [-0.39, 0.29) is 6.04 Å². The van der Waals surface area contributed by atoms with E-state index < -0.39 is 0 Å². The van der Waals surface area contributed by atoms with Gasteiger partial charge in [-0.3, -0.25) is 0 Å². The second-order valence-corrected chi connectivity index (χ2v) is 9.56. The van der Waals surface area contributed by atoms with Crippen molar-refractivity contribution in [3.63, 3.8) is 0 Å². The molecule has 1 atom stereocenters. The van der Waals surface area contributed by atoms with Gasteiger partial charge in [-0.05, 0) is 95.4 Å². The highest BCUT2D eigenvalue weighted by atomic mass is 14.9. The second kappa shape index (κ2) is 13.6. The van der Waals surface area contributed by atoms with Gasteiger partial charge in [0, 0.05) is 41.8 Å². The van der Waals surface area contributed by atoms with Crippen molar-refractivity contribution in [3.05, 3.63) is 112 Å². The van der Waals surface area contributed by atoms with E-state index in [1.54, 1.807) is 0 Å². The van der Waals surface area contributed by atoms with E-state index in [0.717, 1.165) is 41.2 Å². The third-order valence-electron chi connectivity index (χ3n) is 6.43. The number of allylic oxidation sites excluding steroid dienone is 6. The SMILES string of the molecule is C=C/C(=C\C(C)=C(/C)C(NCC)=C(C)C)c1cc(C(=C)NC(C)c2ccc(C)cc2)ccc1NCC. The highest BCUT2D eigenvalue weighted by Crippen LogP contribution is 2.31. The van der Waals surface area contributed by atoms with Crippen LogP contribution < -0.4 is 16.0 Å². The Morgan fingerprint density at radius 2 is 1.64 bits per heavy atom. The molecule has 0 amide bonds. The number of likely N-dealkylation sites (N-methyl/N-ethyl adjacent to an activating group) is 1. The zero-order chi connectivity index (χ0) is 26.8. The normalized spacial score (nSPS) is 12.8. The van der Waals surface area contributed by atoms with Gasteiger partial charge in [0.2, 0.25) is 0 Å². The van der Waals surface area contributed by atoms with Crippen LogP contribution in [0.3, 0.4) is 0 Å². The molecular weight excluding hydrogens is 438 g/mol. The molecule has 3 nitrogen and oxygen atoms in total. The Bertz CT molecular complexity index is 1160. The van der Waals surface area contributed by atoms with Crippen LogP contribution >= 0.6 is 0 Å². The van der Waals surface area contributed by atoms with Gasteiger partial charge in [0.25, 0.3) is 0 Å². The van der Waals surface area contributed by atoms with Crippen LogP contribution in [-0.4, -0.2) is 13.1 Å². The summed E-state index contributed by atoms with van der Waals surface area (Å²) in [4.78, 5) is 0. The number of rotatable bonds is 12. The molecule has 0 aliphatic heterocycles. The molecule has 0 fully saturated rings. The first-order valence-corrected chi connectivity index (χ1v) is 13.0. The minimum Gasteiger partial charge on any atom is -0.385 e. The van der Waals surface area contributed by atoms with Crippen molar-refractivity contribution in [1.29, 1.82) is 0 Å². The van der Waals surface area contributed by atoms with Crippen molar-refractivity contribution in [1.82, 2.24) is 10.6 Å². The second-order valence-electron chi connectivity index (χ2n) is 9.56. The van der Waals surface area contributed by atoms with Gasteiger partial charge in [-0.25, -0.2) is 0 Å². The van der Waals surface area contributed by atoms with Gasteiger partial charge in [-0.1, -0.05) is 66.8 Å². The van der Waals surface area contributed by atoms with Gasteiger partial charge in [0.05, 0.1) is 0 Å². The quantitative estimate of drug-likeness (QED) is 0.265. The van der Waals surface area contributed by atoms with E-state index in [0.29, 0.717) is 0 Å². The predicted molar refractivity (Wildman–Crippen MR) is 161 cm³/mol. The van der Waals surface area contributed by atoms with Crippen LogP contribution in [0, 0.1) is 6.92 Å². The van der Waals surface area contributed by atoms with Crippen molar-refractivity contribution in [3.8, 4) is 0 Å². The van der Waals surface area contributed by atoms with Gasteiger partial charge in [0.1, 0.15) is 0 Å². The Morgan fingerprint density at radius 3 is 2.19 bits per heavy atom. The maximum atomic E-state index is 4.36. The number of anilines is 1. The van der Waals surface area contributed by atoms with Gasteiger partial charge >= 0.3 is 0 Å². The summed E-state index contributed by atoms with van der Waals surface area (Å²) < 4.78 is 0. The molecule has 1 unspecified atom stereocenters. The Kier molecular flexibility index (Phi) is 10.9. The number of aryl methyl sites for hydroxylation is 1. The van der Waals surface area contributed by atoms with Crippen molar-refractivity contribution in [2.45, 2.75) is 61.4 Å². The topological polar surface area (TPSA) is 36.1 Å². The summed E-state index contributed by atoms with van der Waals surface area (Å²) in [6.07, 6.45) is 4.17. The molecule has 0 radical (unpaired) electrons. The molecule has 0 aliphatic rings. The van der Waals surface area contributed by atoms with E-state index in [9.17, 15) is 0 Å². The van der Waals surface area contributed by atoms with Crippen LogP contribution in [0.1, 0.15) is 76.8 Å². The van der Waals surface area contributed by atoms with Gasteiger partial charge < -0.3 is 16.0 Å². The molecule has 36 heavy (non-hydrogen) atoms. The molecule has 3 heteroatoms. The highest BCUT2D eigenvalue weighted by molar-refractivity contribution is 5.85. The molecule has 0 aromatic heterocycles. The number of hydrogen-bond acceptors (Lipinski definition) is 3. The lowest BCUT2D eigenvalue weighted by molar-refractivity contribution is 0.701. The van der Waals surface area contributed by atoms with Crippen LogP contribution in [0.15, 0.2) is 90.2 Å². The van der Waals surface area contributed by atoms with E-state index in [1.807, 2.05) is 6.08 Å². The first-order valence-electron chi connectivity index (χ1n) is 13.0. The summed E-state index contributed by atoms with van der Waals surface area (Å²) in [5, 5.41) is 10.6. The lowest BCUT2D eigenvalue weighted by Crippen LogP contribution is -2.16. The minimum atomic E-state index is 0.158. The molecule has 2 aromatic carbocycles. The summed E-state index contributed by atoms with van der Waals surface area (Å²) in [6, 6.07) is 15.3. The molecule has 2 aromatic rings. The maximum absolute atomic E-state index is 4.36.